The zero-order valence-electron chi connectivity index (χ0n) is 12.4. The maximum Gasteiger partial charge on any atom is 0.225 e. The molecular formula is C14H26ClN3O2. The van der Waals surface area contributed by atoms with Crippen LogP contribution in [0.3, 0.4) is 0 Å². The second kappa shape index (κ2) is 6.76. The van der Waals surface area contributed by atoms with Gasteiger partial charge in [-0.2, -0.15) is 0 Å². The van der Waals surface area contributed by atoms with Crippen LogP contribution in [0.4, 0.5) is 0 Å². The average molecular weight is 304 g/mol. The van der Waals surface area contributed by atoms with E-state index in [2.05, 4.69) is 5.32 Å². The lowest BCUT2D eigenvalue weighted by Gasteiger charge is -2.34. The van der Waals surface area contributed by atoms with Gasteiger partial charge in [0.25, 0.3) is 0 Å². The molecule has 2 amide bonds. The van der Waals surface area contributed by atoms with Gasteiger partial charge in [-0.1, -0.05) is 0 Å². The molecule has 0 aromatic carbocycles. The van der Waals surface area contributed by atoms with Crippen molar-refractivity contribution in [3.63, 3.8) is 0 Å². The third-order valence-corrected chi connectivity index (χ3v) is 4.00. The molecule has 2 fully saturated rings. The molecule has 1 heterocycles. The summed E-state index contributed by atoms with van der Waals surface area (Å²) < 4.78 is 0. The first-order valence-corrected chi connectivity index (χ1v) is 7.24. The van der Waals surface area contributed by atoms with Crippen molar-refractivity contribution in [2.24, 2.45) is 17.6 Å². The second-order valence-electron chi connectivity index (χ2n) is 6.47. The van der Waals surface area contributed by atoms with E-state index in [1.165, 1.54) is 0 Å². The van der Waals surface area contributed by atoms with Crippen LogP contribution in [0.15, 0.2) is 0 Å². The van der Waals surface area contributed by atoms with Gasteiger partial charge in [-0.25, -0.2) is 0 Å². The van der Waals surface area contributed by atoms with Crippen molar-refractivity contribution >= 4 is 24.2 Å². The number of halogens is 1. The van der Waals surface area contributed by atoms with E-state index in [4.69, 9.17) is 5.73 Å². The predicted octanol–water partition coefficient (Wildman–Crippen LogP) is 0.910. The zero-order chi connectivity index (χ0) is 14.0. The molecule has 5 nitrogen and oxygen atoms in total. The summed E-state index contributed by atoms with van der Waals surface area (Å²) in [6, 6.07) is 0. The summed E-state index contributed by atoms with van der Waals surface area (Å²) in [6.45, 7) is 5.62. The first kappa shape index (κ1) is 17.2. The Morgan fingerprint density at radius 3 is 2.45 bits per heavy atom. The van der Waals surface area contributed by atoms with E-state index in [-0.39, 0.29) is 41.6 Å². The molecule has 6 heteroatoms. The topological polar surface area (TPSA) is 75.4 Å². The minimum absolute atomic E-state index is 0. The van der Waals surface area contributed by atoms with E-state index < -0.39 is 0 Å². The number of rotatable bonds is 4. The highest BCUT2D eigenvalue weighted by atomic mass is 35.5. The number of carbonyl (C=O) groups excluding carboxylic acids is 2. The van der Waals surface area contributed by atoms with Gasteiger partial charge in [0.1, 0.15) is 0 Å². The van der Waals surface area contributed by atoms with E-state index in [1.807, 2.05) is 18.7 Å². The number of hydrogen-bond donors (Lipinski definition) is 2. The standard InChI is InChI=1S/C14H25N3O2.ClH/c1-14(2,9-15)16-12(18)11-4-3-7-17(8-11)13(19)10-5-6-10;/h10-11H,3-9,15H2,1-2H3,(H,16,18);1H. The summed E-state index contributed by atoms with van der Waals surface area (Å²) in [7, 11) is 0. The molecule has 1 unspecified atom stereocenters. The Morgan fingerprint density at radius 1 is 1.25 bits per heavy atom. The van der Waals surface area contributed by atoms with Crippen LogP contribution in [-0.4, -0.2) is 41.9 Å². The molecule has 0 spiro atoms. The number of nitrogens with zero attached hydrogens (tertiary/aromatic N) is 1. The van der Waals surface area contributed by atoms with Crippen molar-refractivity contribution in [1.29, 1.82) is 0 Å². The molecule has 0 bridgehead atoms. The monoisotopic (exact) mass is 303 g/mol. The Balaban J connectivity index is 0.00000200. The van der Waals surface area contributed by atoms with Crippen LogP contribution in [0.2, 0.25) is 0 Å². The number of nitrogens with one attached hydrogen (secondary N) is 1. The third-order valence-electron chi connectivity index (χ3n) is 4.00. The van der Waals surface area contributed by atoms with Gasteiger partial charge in [-0.15, -0.1) is 12.4 Å². The van der Waals surface area contributed by atoms with Gasteiger partial charge in [-0.05, 0) is 39.5 Å². The summed E-state index contributed by atoms with van der Waals surface area (Å²) in [6.07, 6.45) is 3.82. The lowest BCUT2D eigenvalue weighted by atomic mass is 9.95. The molecule has 2 rings (SSSR count). The fourth-order valence-corrected chi connectivity index (χ4v) is 2.47. The number of piperidine rings is 1. The molecule has 20 heavy (non-hydrogen) atoms. The molecule has 2 aliphatic rings. The molecule has 1 aliphatic heterocycles. The van der Waals surface area contributed by atoms with Crippen LogP contribution in [0.5, 0.6) is 0 Å². The molecule has 116 valence electrons. The highest BCUT2D eigenvalue weighted by Crippen LogP contribution is 2.32. The van der Waals surface area contributed by atoms with Crippen molar-refractivity contribution in [2.45, 2.75) is 45.1 Å². The van der Waals surface area contributed by atoms with Gasteiger partial charge in [0.05, 0.1) is 5.92 Å². The fourth-order valence-electron chi connectivity index (χ4n) is 2.47. The highest BCUT2D eigenvalue weighted by Gasteiger charge is 2.37. The molecular weight excluding hydrogens is 278 g/mol. The van der Waals surface area contributed by atoms with E-state index in [0.29, 0.717) is 13.1 Å². The Bertz CT molecular complexity index is 369. The maximum absolute atomic E-state index is 12.2. The van der Waals surface area contributed by atoms with Crippen LogP contribution in [0.25, 0.3) is 0 Å². The van der Waals surface area contributed by atoms with Crippen molar-refractivity contribution in [3.05, 3.63) is 0 Å². The van der Waals surface area contributed by atoms with Crippen LogP contribution in [0, 0.1) is 11.8 Å². The number of carbonyl (C=O) groups is 2. The lowest BCUT2D eigenvalue weighted by Crippen LogP contribution is -2.53. The zero-order valence-corrected chi connectivity index (χ0v) is 13.2. The van der Waals surface area contributed by atoms with Crippen molar-refractivity contribution in [1.82, 2.24) is 10.2 Å². The molecule has 1 atom stereocenters. The highest BCUT2D eigenvalue weighted by molar-refractivity contribution is 5.85. The van der Waals surface area contributed by atoms with E-state index in [0.717, 1.165) is 32.2 Å². The summed E-state index contributed by atoms with van der Waals surface area (Å²) in [5.41, 5.74) is 5.25. The van der Waals surface area contributed by atoms with Crippen LogP contribution >= 0.6 is 12.4 Å². The maximum atomic E-state index is 12.2. The molecule has 0 aromatic heterocycles. The molecule has 1 saturated heterocycles. The molecule has 3 N–H and O–H groups in total. The SMILES string of the molecule is CC(C)(CN)NC(=O)C1CCCN(C(=O)C2CC2)C1.Cl. The molecule has 1 saturated carbocycles. The van der Waals surface area contributed by atoms with Gasteiger partial charge in [0, 0.05) is 31.1 Å². The van der Waals surface area contributed by atoms with E-state index >= 15 is 0 Å². The van der Waals surface area contributed by atoms with E-state index in [1.54, 1.807) is 0 Å². The summed E-state index contributed by atoms with van der Waals surface area (Å²) >= 11 is 0. The predicted molar refractivity (Wildman–Crippen MR) is 80.6 cm³/mol. The number of hydrogen-bond acceptors (Lipinski definition) is 3. The van der Waals surface area contributed by atoms with Crippen molar-refractivity contribution in [2.75, 3.05) is 19.6 Å². The van der Waals surface area contributed by atoms with Crippen LogP contribution < -0.4 is 11.1 Å². The van der Waals surface area contributed by atoms with Gasteiger partial charge in [0.15, 0.2) is 0 Å². The Hall–Kier alpha value is -0.810. The quantitative estimate of drug-likeness (QED) is 0.810. The van der Waals surface area contributed by atoms with Gasteiger partial charge >= 0.3 is 0 Å². The minimum atomic E-state index is -0.375. The normalized spacial score (nSPS) is 22.9. The Kier molecular flexibility index (Phi) is 5.83. The molecule has 1 aliphatic carbocycles. The third kappa shape index (κ3) is 4.35. The average Bonchev–Trinajstić information content (AvgIpc) is 3.22. The first-order valence-electron chi connectivity index (χ1n) is 7.24. The van der Waals surface area contributed by atoms with Crippen molar-refractivity contribution < 1.29 is 9.59 Å². The smallest absolute Gasteiger partial charge is 0.225 e. The first-order chi connectivity index (χ1) is 8.93. The fraction of sp³-hybridized carbons (Fsp3) is 0.857. The Labute approximate surface area is 127 Å². The van der Waals surface area contributed by atoms with Crippen LogP contribution in [-0.2, 0) is 9.59 Å². The summed E-state index contributed by atoms with van der Waals surface area (Å²) in [5.74, 6) is 0.434. The second-order valence-corrected chi connectivity index (χ2v) is 6.47. The Morgan fingerprint density at radius 2 is 1.90 bits per heavy atom. The van der Waals surface area contributed by atoms with Gasteiger partial charge in [0.2, 0.25) is 11.8 Å². The van der Waals surface area contributed by atoms with Gasteiger partial charge in [-0.3, -0.25) is 9.59 Å². The number of amides is 2. The minimum Gasteiger partial charge on any atom is -0.350 e. The van der Waals surface area contributed by atoms with Crippen LogP contribution in [0.1, 0.15) is 39.5 Å². The summed E-state index contributed by atoms with van der Waals surface area (Å²) in [4.78, 5) is 26.1. The van der Waals surface area contributed by atoms with Crippen molar-refractivity contribution in [3.8, 4) is 0 Å². The van der Waals surface area contributed by atoms with Gasteiger partial charge < -0.3 is 16.0 Å². The number of likely N-dealkylation sites (tertiary alicyclic amines) is 1. The molecule has 0 radical (unpaired) electrons. The molecule has 0 aromatic rings. The van der Waals surface area contributed by atoms with E-state index in [9.17, 15) is 9.59 Å². The number of nitrogens with two attached hydrogens (primary N) is 1. The summed E-state index contributed by atoms with van der Waals surface area (Å²) in [5, 5.41) is 2.98. The largest absolute Gasteiger partial charge is 0.350 e. The lowest BCUT2D eigenvalue weighted by molar-refractivity contribution is -0.137.